The lowest BCUT2D eigenvalue weighted by Gasteiger charge is -2.28. The van der Waals surface area contributed by atoms with E-state index in [1.807, 2.05) is 18.2 Å². The molecule has 0 unspecified atom stereocenters. The first-order valence-electron chi connectivity index (χ1n) is 11.7. The number of rotatable bonds is 7. The van der Waals surface area contributed by atoms with E-state index in [4.69, 9.17) is 4.74 Å². The fraction of sp³-hybridized carbons (Fsp3) is 0.360. The van der Waals surface area contributed by atoms with Crippen LogP contribution in [0.25, 0.3) is 6.08 Å². The van der Waals surface area contributed by atoms with Gasteiger partial charge in [0.05, 0.1) is 25.5 Å². The molecule has 184 valence electrons. The van der Waals surface area contributed by atoms with Crippen molar-refractivity contribution in [3.63, 3.8) is 0 Å². The molecule has 2 fully saturated rings. The van der Waals surface area contributed by atoms with Gasteiger partial charge in [0, 0.05) is 50.5 Å². The smallest absolute Gasteiger partial charge is 0.319 e. The Balaban J connectivity index is 1.26. The Morgan fingerprint density at radius 1 is 1.00 bits per heavy atom. The van der Waals surface area contributed by atoms with Gasteiger partial charge in [-0.2, -0.15) is 0 Å². The summed E-state index contributed by atoms with van der Waals surface area (Å²) in [5, 5.41) is 8.55. The van der Waals surface area contributed by atoms with E-state index in [1.165, 1.54) is 6.08 Å². The number of amides is 3. The average molecular weight is 479 g/mol. The number of nitrogens with zero attached hydrogens (tertiary/aromatic N) is 3. The van der Waals surface area contributed by atoms with Crippen molar-refractivity contribution in [3.8, 4) is 0 Å². The molecule has 4 rings (SSSR count). The van der Waals surface area contributed by atoms with Crippen molar-refractivity contribution in [3.05, 3.63) is 59.8 Å². The first-order chi connectivity index (χ1) is 17.1. The first kappa shape index (κ1) is 24.4. The summed E-state index contributed by atoms with van der Waals surface area (Å²) in [6.45, 7) is 5.67. The van der Waals surface area contributed by atoms with Gasteiger partial charge in [0.25, 0.3) is 0 Å². The summed E-state index contributed by atoms with van der Waals surface area (Å²) in [4.78, 5) is 45.3. The van der Waals surface area contributed by atoms with Gasteiger partial charge in [-0.25, -0.2) is 9.78 Å². The van der Waals surface area contributed by atoms with E-state index in [0.717, 1.165) is 37.7 Å². The zero-order valence-corrected chi connectivity index (χ0v) is 19.5. The van der Waals surface area contributed by atoms with Crippen LogP contribution in [0.3, 0.4) is 0 Å². The van der Waals surface area contributed by atoms with Crippen molar-refractivity contribution in [1.82, 2.24) is 20.5 Å². The minimum Gasteiger partial charge on any atom is -0.378 e. The summed E-state index contributed by atoms with van der Waals surface area (Å²) in [6.07, 6.45) is 3.20. The molecule has 0 aliphatic carbocycles. The van der Waals surface area contributed by atoms with Crippen LogP contribution in [0.2, 0.25) is 0 Å². The van der Waals surface area contributed by atoms with Crippen LogP contribution in [-0.2, 0) is 9.53 Å². The average Bonchev–Trinajstić information content (AvgIpc) is 2.92. The predicted molar refractivity (Wildman–Crippen MR) is 134 cm³/mol. The third-order valence-electron chi connectivity index (χ3n) is 5.79. The van der Waals surface area contributed by atoms with Crippen LogP contribution in [0, 0.1) is 0 Å². The van der Waals surface area contributed by atoms with Crippen LogP contribution in [0.15, 0.2) is 48.5 Å². The summed E-state index contributed by atoms with van der Waals surface area (Å²) < 4.78 is 5.22. The highest BCUT2D eigenvalue weighted by Crippen LogP contribution is 2.14. The number of pyridine rings is 1. The second-order valence-electron chi connectivity index (χ2n) is 8.23. The second kappa shape index (κ2) is 12.1. The number of nitrogens with one attached hydrogen (secondary N) is 3. The number of carbonyl (C=O) groups is 3. The number of carbonyl (C=O) groups excluding carboxylic acids is 3. The van der Waals surface area contributed by atoms with Gasteiger partial charge in [-0.3, -0.25) is 9.59 Å². The minimum atomic E-state index is -0.485. The number of benzene rings is 1. The van der Waals surface area contributed by atoms with Gasteiger partial charge in [-0.15, -0.1) is 0 Å². The van der Waals surface area contributed by atoms with E-state index in [0.29, 0.717) is 37.6 Å². The highest BCUT2D eigenvalue weighted by atomic mass is 16.5. The molecule has 0 saturated carbocycles. The Kier molecular flexibility index (Phi) is 8.42. The standard InChI is InChI=1S/C25H30N6O4/c32-22(9-8-20-2-1-3-23(28-20)30-12-10-26-11-13-30)19-4-6-21(7-5-19)29-25(34)27-18-24(33)31-14-16-35-17-15-31/h1-9,26H,10-18H2,(H2,27,29,34). The van der Waals surface area contributed by atoms with E-state index in [-0.39, 0.29) is 18.2 Å². The van der Waals surface area contributed by atoms with E-state index in [9.17, 15) is 14.4 Å². The summed E-state index contributed by atoms with van der Waals surface area (Å²) in [5.74, 6) is 0.595. The number of piperazine rings is 1. The molecule has 3 heterocycles. The van der Waals surface area contributed by atoms with Gasteiger partial charge in [-0.1, -0.05) is 6.07 Å². The second-order valence-corrected chi connectivity index (χ2v) is 8.23. The van der Waals surface area contributed by atoms with E-state index < -0.39 is 6.03 Å². The Hall–Kier alpha value is -3.76. The van der Waals surface area contributed by atoms with Crippen molar-refractivity contribution in [2.45, 2.75) is 0 Å². The molecule has 0 radical (unpaired) electrons. The molecule has 2 saturated heterocycles. The molecule has 3 N–H and O–H groups in total. The summed E-state index contributed by atoms with van der Waals surface area (Å²) in [7, 11) is 0. The van der Waals surface area contributed by atoms with Crippen LogP contribution in [0.5, 0.6) is 0 Å². The van der Waals surface area contributed by atoms with E-state index in [1.54, 1.807) is 35.2 Å². The Morgan fingerprint density at radius 3 is 2.49 bits per heavy atom. The quantitative estimate of drug-likeness (QED) is 0.407. The maximum Gasteiger partial charge on any atom is 0.319 e. The lowest BCUT2D eigenvalue weighted by atomic mass is 10.1. The molecule has 35 heavy (non-hydrogen) atoms. The molecular weight excluding hydrogens is 448 g/mol. The number of hydrogen-bond donors (Lipinski definition) is 3. The van der Waals surface area contributed by atoms with Crippen LogP contribution in [-0.4, -0.2) is 86.6 Å². The molecule has 0 atom stereocenters. The number of hydrogen-bond acceptors (Lipinski definition) is 7. The maximum atomic E-state index is 12.6. The fourth-order valence-corrected chi connectivity index (χ4v) is 3.83. The molecule has 2 aliphatic heterocycles. The summed E-state index contributed by atoms with van der Waals surface area (Å²) in [5.41, 5.74) is 1.73. The van der Waals surface area contributed by atoms with Crippen molar-refractivity contribution in [1.29, 1.82) is 0 Å². The van der Waals surface area contributed by atoms with Crippen molar-refractivity contribution < 1.29 is 19.1 Å². The van der Waals surface area contributed by atoms with E-state index >= 15 is 0 Å². The van der Waals surface area contributed by atoms with Crippen LogP contribution >= 0.6 is 0 Å². The molecule has 0 spiro atoms. The summed E-state index contributed by atoms with van der Waals surface area (Å²) in [6, 6.07) is 11.9. The minimum absolute atomic E-state index is 0.0862. The third-order valence-corrected chi connectivity index (χ3v) is 5.79. The largest absolute Gasteiger partial charge is 0.378 e. The van der Waals surface area contributed by atoms with Gasteiger partial charge in [0.2, 0.25) is 5.91 Å². The zero-order chi connectivity index (χ0) is 24.5. The summed E-state index contributed by atoms with van der Waals surface area (Å²) >= 11 is 0. The van der Waals surface area contributed by atoms with Gasteiger partial charge in [-0.05, 0) is 48.6 Å². The molecule has 0 bridgehead atoms. The SMILES string of the molecule is O=C(NCC(=O)N1CCOCC1)Nc1ccc(C(=O)C=Cc2cccc(N3CCNCC3)n2)cc1. The molecule has 10 nitrogen and oxygen atoms in total. The Morgan fingerprint density at radius 2 is 1.74 bits per heavy atom. The monoisotopic (exact) mass is 478 g/mol. The van der Waals surface area contributed by atoms with Gasteiger partial charge < -0.3 is 30.5 Å². The van der Waals surface area contributed by atoms with Crippen LogP contribution in [0.4, 0.5) is 16.3 Å². The third kappa shape index (κ3) is 7.11. The van der Waals surface area contributed by atoms with Crippen molar-refractivity contribution in [2.75, 3.05) is 69.2 Å². The van der Waals surface area contributed by atoms with Gasteiger partial charge in [0.1, 0.15) is 5.82 Å². The van der Waals surface area contributed by atoms with Crippen molar-refractivity contribution in [2.24, 2.45) is 0 Å². The molecule has 10 heteroatoms. The topological polar surface area (TPSA) is 116 Å². The van der Waals surface area contributed by atoms with Crippen LogP contribution < -0.4 is 20.9 Å². The molecule has 1 aromatic heterocycles. The number of morpholine rings is 1. The highest BCUT2D eigenvalue weighted by Gasteiger charge is 2.17. The lowest BCUT2D eigenvalue weighted by Crippen LogP contribution is -2.46. The highest BCUT2D eigenvalue weighted by molar-refractivity contribution is 6.07. The van der Waals surface area contributed by atoms with Crippen molar-refractivity contribution >= 4 is 35.3 Å². The molecular formula is C25H30N6O4. The molecule has 1 aromatic carbocycles. The molecule has 3 amide bonds. The first-order valence-corrected chi connectivity index (χ1v) is 11.7. The molecule has 2 aliphatic rings. The van der Waals surface area contributed by atoms with Gasteiger partial charge in [0.15, 0.2) is 5.78 Å². The number of ketones is 1. The van der Waals surface area contributed by atoms with Gasteiger partial charge >= 0.3 is 6.03 Å². The normalized spacial score (nSPS) is 16.2. The zero-order valence-electron chi connectivity index (χ0n) is 19.5. The number of aromatic nitrogens is 1. The molecule has 2 aromatic rings. The van der Waals surface area contributed by atoms with Crippen LogP contribution in [0.1, 0.15) is 16.1 Å². The Labute approximate surface area is 204 Å². The lowest BCUT2D eigenvalue weighted by molar-refractivity contribution is -0.134. The van der Waals surface area contributed by atoms with E-state index in [2.05, 4.69) is 25.8 Å². The maximum absolute atomic E-state index is 12.6. The number of ether oxygens (including phenoxy) is 1. The fourth-order valence-electron chi connectivity index (χ4n) is 3.83. The predicted octanol–water partition coefficient (Wildman–Crippen LogP) is 1.37. The Bertz CT molecular complexity index is 1060. The number of allylic oxidation sites excluding steroid dienone is 1. The number of urea groups is 1. The number of anilines is 2.